The first-order chi connectivity index (χ1) is 14.8. The SMILES string of the molecule is Cc1nc2cc(C(F)(F)F)ccc2n1NC(=O)c1ccc(S(=O)(=O)/N=C/N(C)C)cc1Cl. The van der Waals surface area contributed by atoms with Gasteiger partial charge >= 0.3 is 6.18 Å². The fraction of sp³-hybridized carbons (Fsp3) is 0.211. The Morgan fingerprint density at radius 2 is 1.91 bits per heavy atom. The van der Waals surface area contributed by atoms with Crippen molar-refractivity contribution < 1.29 is 26.4 Å². The molecule has 8 nitrogen and oxygen atoms in total. The van der Waals surface area contributed by atoms with Crippen LogP contribution in [0.25, 0.3) is 11.0 Å². The summed E-state index contributed by atoms with van der Waals surface area (Å²) in [6.07, 6.45) is -3.41. The van der Waals surface area contributed by atoms with E-state index in [-0.39, 0.29) is 32.3 Å². The number of hydrogen-bond donors (Lipinski definition) is 1. The van der Waals surface area contributed by atoms with Gasteiger partial charge in [0, 0.05) is 14.1 Å². The number of hydrogen-bond acceptors (Lipinski definition) is 4. The molecule has 3 aromatic rings. The van der Waals surface area contributed by atoms with Crippen LogP contribution in [0.15, 0.2) is 45.7 Å². The van der Waals surface area contributed by atoms with Crippen molar-refractivity contribution in [1.29, 1.82) is 0 Å². The van der Waals surface area contributed by atoms with E-state index in [2.05, 4.69) is 14.8 Å². The molecule has 0 aliphatic rings. The zero-order valence-corrected chi connectivity index (χ0v) is 18.5. The van der Waals surface area contributed by atoms with Gasteiger partial charge in [0.05, 0.1) is 32.1 Å². The number of aromatic nitrogens is 2. The molecule has 0 saturated carbocycles. The lowest BCUT2D eigenvalue weighted by Crippen LogP contribution is -2.24. The number of aryl methyl sites for hydroxylation is 1. The number of sulfonamides is 1. The predicted octanol–water partition coefficient (Wildman–Crippen LogP) is 3.68. The van der Waals surface area contributed by atoms with Crippen molar-refractivity contribution >= 4 is 44.9 Å². The molecule has 1 heterocycles. The average Bonchev–Trinajstić information content (AvgIpc) is 3.00. The van der Waals surface area contributed by atoms with E-state index in [0.29, 0.717) is 0 Å². The maximum absolute atomic E-state index is 12.9. The molecule has 1 N–H and O–H groups in total. The van der Waals surface area contributed by atoms with Gasteiger partial charge in [0.2, 0.25) is 0 Å². The Labute approximate surface area is 186 Å². The highest BCUT2D eigenvalue weighted by atomic mass is 35.5. The molecule has 2 aromatic carbocycles. The second kappa shape index (κ2) is 8.43. The number of halogens is 4. The third-order valence-electron chi connectivity index (χ3n) is 4.26. The molecule has 1 aromatic heterocycles. The van der Waals surface area contributed by atoms with Gasteiger partial charge < -0.3 is 4.90 Å². The monoisotopic (exact) mass is 487 g/mol. The van der Waals surface area contributed by atoms with Crippen LogP contribution in [-0.2, 0) is 16.2 Å². The summed E-state index contributed by atoms with van der Waals surface area (Å²) in [7, 11) is -0.813. The number of nitrogens with zero attached hydrogens (tertiary/aromatic N) is 4. The lowest BCUT2D eigenvalue weighted by Gasteiger charge is -2.11. The number of amides is 1. The van der Waals surface area contributed by atoms with Crippen molar-refractivity contribution in [2.45, 2.75) is 18.0 Å². The minimum Gasteiger partial charge on any atom is -0.368 e. The molecule has 170 valence electrons. The minimum atomic E-state index is -4.53. The van der Waals surface area contributed by atoms with Crippen LogP contribution in [0, 0.1) is 6.92 Å². The topological polar surface area (TPSA) is 96.7 Å². The van der Waals surface area contributed by atoms with Crippen molar-refractivity contribution in [1.82, 2.24) is 14.6 Å². The fourth-order valence-corrected chi connectivity index (χ4v) is 4.01. The Hall–Kier alpha value is -3.12. The quantitative estimate of drug-likeness (QED) is 0.437. The van der Waals surface area contributed by atoms with Gasteiger partial charge in [-0.25, -0.2) is 9.66 Å². The van der Waals surface area contributed by atoms with Crippen molar-refractivity contribution in [2.24, 2.45) is 4.40 Å². The third-order valence-corrected chi connectivity index (χ3v) is 5.80. The van der Waals surface area contributed by atoms with E-state index in [9.17, 15) is 26.4 Å². The van der Waals surface area contributed by atoms with Crippen molar-refractivity contribution in [3.8, 4) is 0 Å². The Bertz CT molecular complexity index is 1330. The summed E-state index contributed by atoms with van der Waals surface area (Å²) in [4.78, 5) is 18.0. The molecular formula is C19H17ClF3N5O3S. The standard InChI is InChI=1S/C19H17ClF3N5O3S/c1-11-25-16-8-12(19(21,22)23)4-7-17(16)28(11)26-18(29)14-6-5-13(9-15(14)20)32(30,31)24-10-27(2)3/h4-10H,1-3H3,(H,26,29)/b24-10+. The largest absolute Gasteiger partial charge is 0.416 e. The molecule has 3 rings (SSSR count). The van der Waals surface area contributed by atoms with Crippen LogP contribution < -0.4 is 5.43 Å². The lowest BCUT2D eigenvalue weighted by atomic mass is 10.2. The van der Waals surface area contributed by atoms with Crippen molar-refractivity contribution in [3.63, 3.8) is 0 Å². The first-order valence-electron chi connectivity index (χ1n) is 8.94. The minimum absolute atomic E-state index is 0.0453. The summed E-state index contributed by atoms with van der Waals surface area (Å²) in [6, 6.07) is 6.44. The van der Waals surface area contributed by atoms with E-state index in [1.165, 1.54) is 34.7 Å². The number of alkyl halides is 3. The van der Waals surface area contributed by atoms with Gasteiger partial charge in [-0.1, -0.05) is 11.6 Å². The van der Waals surface area contributed by atoms with Crippen LogP contribution >= 0.6 is 11.6 Å². The number of benzene rings is 2. The first-order valence-corrected chi connectivity index (χ1v) is 10.8. The van der Waals surface area contributed by atoms with E-state index in [1.54, 1.807) is 14.1 Å². The van der Waals surface area contributed by atoms with Crippen LogP contribution in [0.1, 0.15) is 21.7 Å². The van der Waals surface area contributed by atoms with E-state index in [4.69, 9.17) is 11.6 Å². The van der Waals surface area contributed by atoms with Crippen LogP contribution in [0.2, 0.25) is 5.02 Å². The van der Waals surface area contributed by atoms with Crippen LogP contribution in [0.5, 0.6) is 0 Å². The molecule has 0 aliphatic carbocycles. The Balaban J connectivity index is 1.91. The summed E-state index contributed by atoms with van der Waals surface area (Å²) < 4.78 is 68.0. The highest BCUT2D eigenvalue weighted by Crippen LogP contribution is 2.31. The second-order valence-electron chi connectivity index (χ2n) is 6.94. The number of nitrogens with one attached hydrogen (secondary N) is 1. The van der Waals surface area contributed by atoms with Gasteiger partial charge in [-0.2, -0.15) is 21.6 Å². The maximum atomic E-state index is 12.9. The average molecular weight is 488 g/mol. The number of carbonyl (C=O) groups is 1. The molecule has 0 bridgehead atoms. The molecule has 32 heavy (non-hydrogen) atoms. The smallest absolute Gasteiger partial charge is 0.368 e. The Kier molecular flexibility index (Phi) is 6.20. The molecular weight excluding hydrogens is 471 g/mol. The lowest BCUT2D eigenvalue weighted by molar-refractivity contribution is -0.137. The number of imidazole rings is 1. The van der Waals surface area contributed by atoms with Gasteiger partial charge in [0.25, 0.3) is 15.9 Å². The summed E-state index contributed by atoms with van der Waals surface area (Å²) in [6.45, 7) is 1.51. The van der Waals surface area contributed by atoms with Gasteiger partial charge in [-0.05, 0) is 43.3 Å². The molecule has 0 fully saturated rings. The number of fused-ring (bicyclic) bond motifs is 1. The molecule has 1 amide bonds. The Morgan fingerprint density at radius 3 is 2.50 bits per heavy atom. The molecule has 0 unspecified atom stereocenters. The molecule has 0 atom stereocenters. The van der Waals surface area contributed by atoms with Crippen molar-refractivity contribution in [2.75, 3.05) is 19.5 Å². The number of carbonyl (C=O) groups excluding carboxylic acids is 1. The van der Waals surface area contributed by atoms with E-state index >= 15 is 0 Å². The second-order valence-corrected chi connectivity index (χ2v) is 8.98. The van der Waals surface area contributed by atoms with E-state index < -0.39 is 27.7 Å². The molecule has 0 aliphatic heterocycles. The third kappa shape index (κ3) is 4.86. The van der Waals surface area contributed by atoms with Gasteiger partial charge in [-0.15, -0.1) is 4.40 Å². The van der Waals surface area contributed by atoms with Gasteiger partial charge in [0.1, 0.15) is 12.2 Å². The zero-order valence-electron chi connectivity index (χ0n) is 17.0. The molecule has 0 radical (unpaired) electrons. The van der Waals surface area contributed by atoms with Gasteiger partial charge in [0.15, 0.2) is 0 Å². The summed E-state index contributed by atoms with van der Waals surface area (Å²) in [5.74, 6) is -0.473. The van der Waals surface area contributed by atoms with Crippen LogP contribution in [0.3, 0.4) is 0 Å². The molecule has 0 spiro atoms. The molecule has 0 saturated heterocycles. The van der Waals surface area contributed by atoms with E-state index in [0.717, 1.165) is 24.5 Å². The summed E-state index contributed by atoms with van der Waals surface area (Å²) >= 11 is 6.12. The summed E-state index contributed by atoms with van der Waals surface area (Å²) in [5.41, 5.74) is 1.89. The number of rotatable bonds is 5. The zero-order chi connectivity index (χ0) is 23.8. The van der Waals surface area contributed by atoms with Crippen LogP contribution in [0.4, 0.5) is 13.2 Å². The first kappa shape index (κ1) is 23.5. The van der Waals surface area contributed by atoms with Crippen molar-refractivity contribution in [3.05, 3.63) is 58.4 Å². The normalized spacial score (nSPS) is 12.5. The molecule has 13 heteroatoms. The van der Waals surface area contributed by atoms with Gasteiger partial charge in [-0.3, -0.25) is 10.2 Å². The maximum Gasteiger partial charge on any atom is 0.416 e. The van der Waals surface area contributed by atoms with Crippen LogP contribution in [-0.4, -0.2) is 49.3 Å². The predicted molar refractivity (Wildman–Crippen MR) is 114 cm³/mol. The highest BCUT2D eigenvalue weighted by molar-refractivity contribution is 7.90. The highest BCUT2D eigenvalue weighted by Gasteiger charge is 2.31. The van der Waals surface area contributed by atoms with E-state index in [1.807, 2.05) is 0 Å². The Morgan fingerprint density at radius 1 is 1.22 bits per heavy atom. The fourth-order valence-electron chi connectivity index (χ4n) is 2.74. The summed E-state index contributed by atoms with van der Waals surface area (Å²) in [5, 5.41) is -0.148.